The van der Waals surface area contributed by atoms with Crippen LogP contribution in [0, 0.1) is 5.92 Å². The van der Waals surface area contributed by atoms with E-state index < -0.39 is 5.97 Å². The van der Waals surface area contributed by atoms with Crippen molar-refractivity contribution in [2.75, 3.05) is 18.0 Å². The molecule has 2 N–H and O–H groups in total. The van der Waals surface area contributed by atoms with Gasteiger partial charge < -0.3 is 15.3 Å². The molecule has 1 fully saturated rings. The lowest BCUT2D eigenvalue weighted by Gasteiger charge is -2.23. The molecule has 0 spiro atoms. The molecule has 2 aliphatic heterocycles. The minimum Gasteiger partial charge on any atom is -0.478 e. The predicted octanol–water partition coefficient (Wildman–Crippen LogP) is 1.27. The molecule has 20 heavy (non-hydrogen) atoms. The van der Waals surface area contributed by atoms with Crippen LogP contribution in [-0.4, -0.2) is 36.1 Å². The number of nitrogens with one attached hydrogen (secondary N) is 1. The van der Waals surface area contributed by atoms with Crippen LogP contribution in [0.4, 0.5) is 5.69 Å². The van der Waals surface area contributed by atoms with E-state index in [1.807, 2.05) is 11.8 Å². The summed E-state index contributed by atoms with van der Waals surface area (Å²) in [7, 11) is 0. The van der Waals surface area contributed by atoms with Crippen molar-refractivity contribution in [1.82, 2.24) is 5.32 Å². The third-order valence-corrected chi connectivity index (χ3v) is 4.33. The van der Waals surface area contributed by atoms with E-state index in [0.717, 1.165) is 30.6 Å². The zero-order valence-corrected chi connectivity index (χ0v) is 11.4. The summed E-state index contributed by atoms with van der Waals surface area (Å²) in [4.78, 5) is 25.4. The number of anilines is 1. The molecule has 2 heterocycles. The topological polar surface area (TPSA) is 69.6 Å². The first-order valence-corrected chi connectivity index (χ1v) is 6.99. The molecule has 0 aliphatic carbocycles. The van der Waals surface area contributed by atoms with E-state index in [0.29, 0.717) is 6.54 Å². The molecule has 3 rings (SSSR count). The number of hydrogen-bond donors (Lipinski definition) is 2. The summed E-state index contributed by atoms with van der Waals surface area (Å²) in [5.41, 5.74) is 2.12. The molecule has 5 nitrogen and oxygen atoms in total. The fraction of sp³-hybridized carbons (Fsp3) is 0.467. The second-order valence-electron chi connectivity index (χ2n) is 5.53. The smallest absolute Gasteiger partial charge is 0.335 e. The molecule has 5 heteroatoms. The lowest BCUT2D eigenvalue weighted by Crippen LogP contribution is -2.39. The molecule has 0 bridgehead atoms. The Hall–Kier alpha value is -1.88. The summed E-state index contributed by atoms with van der Waals surface area (Å²) < 4.78 is 0. The fourth-order valence-electron chi connectivity index (χ4n) is 3.16. The molecule has 1 saturated heterocycles. The van der Waals surface area contributed by atoms with Crippen LogP contribution < -0.4 is 10.2 Å². The van der Waals surface area contributed by atoms with Gasteiger partial charge >= 0.3 is 5.97 Å². The third kappa shape index (κ3) is 2.08. The van der Waals surface area contributed by atoms with Crippen LogP contribution in [0.1, 0.15) is 29.3 Å². The number of carbonyl (C=O) groups is 2. The average molecular weight is 274 g/mol. The number of fused-ring (bicyclic) bond motifs is 1. The first-order chi connectivity index (χ1) is 9.58. The highest BCUT2D eigenvalue weighted by molar-refractivity contribution is 5.98. The summed E-state index contributed by atoms with van der Waals surface area (Å²) in [6.45, 7) is 3.58. The van der Waals surface area contributed by atoms with Gasteiger partial charge in [-0.05, 0) is 50.1 Å². The number of carboxylic acid groups (broad SMARTS) is 1. The van der Waals surface area contributed by atoms with Gasteiger partial charge in [-0.1, -0.05) is 0 Å². The maximum absolute atomic E-state index is 12.6. The summed E-state index contributed by atoms with van der Waals surface area (Å²) >= 11 is 0. The van der Waals surface area contributed by atoms with Crippen LogP contribution in [-0.2, 0) is 11.2 Å². The quantitative estimate of drug-likeness (QED) is 0.852. The van der Waals surface area contributed by atoms with Crippen LogP contribution in [0.3, 0.4) is 0 Å². The highest BCUT2D eigenvalue weighted by atomic mass is 16.4. The summed E-state index contributed by atoms with van der Waals surface area (Å²) in [6.07, 6.45) is 1.61. The van der Waals surface area contributed by atoms with E-state index in [4.69, 9.17) is 5.11 Å². The van der Waals surface area contributed by atoms with Gasteiger partial charge in [-0.2, -0.15) is 0 Å². The Morgan fingerprint density at radius 2 is 2.20 bits per heavy atom. The third-order valence-electron chi connectivity index (χ3n) is 4.33. The number of hydrogen-bond acceptors (Lipinski definition) is 3. The van der Waals surface area contributed by atoms with Gasteiger partial charge in [0.2, 0.25) is 5.91 Å². The maximum Gasteiger partial charge on any atom is 0.335 e. The van der Waals surface area contributed by atoms with Gasteiger partial charge in [0.1, 0.15) is 0 Å². The first-order valence-electron chi connectivity index (χ1n) is 6.99. The van der Waals surface area contributed by atoms with Gasteiger partial charge in [0, 0.05) is 18.3 Å². The number of carboxylic acids is 1. The molecule has 0 radical (unpaired) electrons. The maximum atomic E-state index is 12.6. The van der Waals surface area contributed by atoms with Crippen LogP contribution >= 0.6 is 0 Å². The van der Waals surface area contributed by atoms with E-state index in [2.05, 4.69) is 5.32 Å². The molecule has 2 aliphatic rings. The standard InChI is InChI=1S/C15H18N2O3/c1-9-12(4-6-16-9)14(18)17-7-5-10-8-11(15(19)20)2-3-13(10)17/h2-3,8-9,12,16H,4-7H2,1H3,(H,19,20). The van der Waals surface area contributed by atoms with Gasteiger partial charge in [-0.15, -0.1) is 0 Å². The van der Waals surface area contributed by atoms with Crippen LogP contribution in [0.5, 0.6) is 0 Å². The molecule has 0 aromatic heterocycles. The minimum atomic E-state index is -0.925. The fourth-order valence-corrected chi connectivity index (χ4v) is 3.16. The van der Waals surface area contributed by atoms with E-state index in [-0.39, 0.29) is 23.4 Å². The van der Waals surface area contributed by atoms with Crippen LogP contribution in [0.2, 0.25) is 0 Å². The number of benzene rings is 1. The van der Waals surface area contributed by atoms with E-state index in [9.17, 15) is 9.59 Å². The Kier molecular flexibility index (Phi) is 3.22. The molecule has 2 unspecified atom stereocenters. The van der Waals surface area contributed by atoms with Crippen molar-refractivity contribution in [3.63, 3.8) is 0 Å². The zero-order valence-electron chi connectivity index (χ0n) is 11.4. The largest absolute Gasteiger partial charge is 0.478 e. The molecule has 1 amide bonds. The Bertz CT molecular complexity index is 570. The second-order valence-corrected chi connectivity index (χ2v) is 5.53. The Morgan fingerprint density at radius 3 is 2.85 bits per heavy atom. The highest BCUT2D eigenvalue weighted by Gasteiger charge is 2.35. The van der Waals surface area contributed by atoms with E-state index in [1.165, 1.54) is 0 Å². The number of aromatic carboxylic acids is 1. The lowest BCUT2D eigenvalue weighted by molar-refractivity contribution is -0.122. The summed E-state index contributed by atoms with van der Waals surface area (Å²) in [6, 6.07) is 5.23. The van der Waals surface area contributed by atoms with Crippen molar-refractivity contribution in [2.24, 2.45) is 5.92 Å². The number of nitrogens with zero attached hydrogens (tertiary/aromatic N) is 1. The van der Waals surface area contributed by atoms with Crippen molar-refractivity contribution < 1.29 is 14.7 Å². The molecule has 0 saturated carbocycles. The molecular formula is C15H18N2O3. The summed E-state index contributed by atoms with van der Waals surface area (Å²) in [5, 5.41) is 12.3. The van der Waals surface area contributed by atoms with Crippen LogP contribution in [0.15, 0.2) is 18.2 Å². The van der Waals surface area contributed by atoms with Crippen molar-refractivity contribution in [1.29, 1.82) is 0 Å². The Balaban J connectivity index is 1.86. The van der Waals surface area contributed by atoms with Gasteiger partial charge in [0.05, 0.1) is 11.5 Å². The Morgan fingerprint density at radius 1 is 1.40 bits per heavy atom. The SMILES string of the molecule is CC1NCCC1C(=O)N1CCc2cc(C(=O)O)ccc21. The van der Waals surface area contributed by atoms with Crippen molar-refractivity contribution in [3.05, 3.63) is 29.3 Å². The van der Waals surface area contributed by atoms with E-state index in [1.54, 1.807) is 18.2 Å². The van der Waals surface area contributed by atoms with Crippen molar-refractivity contribution in [3.8, 4) is 0 Å². The van der Waals surface area contributed by atoms with Crippen LogP contribution in [0.25, 0.3) is 0 Å². The molecule has 1 aromatic carbocycles. The highest BCUT2D eigenvalue weighted by Crippen LogP contribution is 2.31. The molecule has 2 atom stereocenters. The number of carbonyl (C=O) groups excluding carboxylic acids is 1. The monoisotopic (exact) mass is 274 g/mol. The second kappa shape index (κ2) is 4.90. The first kappa shape index (κ1) is 13.1. The van der Waals surface area contributed by atoms with Crippen molar-refractivity contribution >= 4 is 17.6 Å². The normalized spacial score (nSPS) is 24.8. The zero-order chi connectivity index (χ0) is 14.3. The van der Waals surface area contributed by atoms with Crippen molar-refractivity contribution in [2.45, 2.75) is 25.8 Å². The average Bonchev–Trinajstić information content (AvgIpc) is 3.03. The van der Waals surface area contributed by atoms with Gasteiger partial charge in [0.15, 0.2) is 0 Å². The van der Waals surface area contributed by atoms with Gasteiger partial charge in [0.25, 0.3) is 0 Å². The number of amides is 1. The lowest BCUT2D eigenvalue weighted by atomic mass is 10.0. The molecule has 1 aromatic rings. The Labute approximate surface area is 117 Å². The summed E-state index contributed by atoms with van der Waals surface area (Å²) in [5.74, 6) is -0.740. The van der Waals surface area contributed by atoms with Gasteiger partial charge in [-0.25, -0.2) is 4.79 Å². The van der Waals surface area contributed by atoms with E-state index >= 15 is 0 Å². The number of rotatable bonds is 2. The van der Waals surface area contributed by atoms with Gasteiger partial charge in [-0.3, -0.25) is 4.79 Å². The molecule has 106 valence electrons. The predicted molar refractivity (Wildman–Crippen MR) is 75.0 cm³/mol. The molecular weight excluding hydrogens is 256 g/mol. The minimum absolute atomic E-state index is 0.0279.